The van der Waals surface area contributed by atoms with Gasteiger partial charge < -0.3 is 5.32 Å². The van der Waals surface area contributed by atoms with Crippen LogP contribution in [-0.4, -0.2) is 19.6 Å². The van der Waals surface area contributed by atoms with Crippen LogP contribution in [0.15, 0.2) is 47.5 Å². The van der Waals surface area contributed by atoms with Gasteiger partial charge in [0.1, 0.15) is 5.02 Å². The van der Waals surface area contributed by atoms with Crippen molar-refractivity contribution in [3.05, 3.63) is 74.9 Å². The summed E-state index contributed by atoms with van der Waals surface area (Å²) in [5, 5.41) is 11.7. The lowest BCUT2D eigenvalue weighted by molar-refractivity contribution is 0.640. The number of nitrogens with zero attached hydrogens (tertiary/aromatic N) is 4. The van der Waals surface area contributed by atoms with Gasteiger partial charge in [-0.15, -0.1) is 0 Å². The van der Waals surface area contributed by atoms with E-state index in [-0.39, 0.29) is 10.6 Å². The number of hydrogen-bond donors (Lipinski definition) is 1. The second kappa shape index (κ2) is 6.88. The van der Waals surface area contributed by atoms with E-state index in [0.717, 1.165) is 16.8 Å². The highest BCUT2D eigenvalue weighted by Crippen LogP contribution is 2.17. The minimum atomic E-state index is -0.312. The Morgan fingerprint density at radius 2 is 1.92 bits per heavy atom. The quantitative estimate of drug-likeness (QED) is 0.773. The van der Waals surface area contributed by atoms with Crippen molar-refractivity contribution >= 4 is 17.3 Å². The molecule has 0 aliphatic carbocycles. The maximum atomic E-state index is 12.4. The molecule has 1 aromatic carbocycles. The van der Waals surface area contributed by atoms with Crippen LogP contribution < -0.4 is 10.9 Å². The van der Waals surface area contributed by atoms with E-state index in [4.69, 9.17) is 11.6 Å². The van der Waals surface area contributed by atoms with Gasteiger partial charge in [-0.3, -0.25) is 9.48 Å². The predicted octanol–water partition coefficient (Wildman–Crippen LogP) is 2.60. The number of aryl methyl sites for hydroxylation is 1. The average molecular weight is 344 g/mol. The summed E-state index contributed by atoms with van der Waals surface area (Å²) in [7, 11) is 1.89. The van der Waals surface area contributed by atoms with Gasteiger partial charge in [-0.2, -0.15) is 10.2 Å². The Bertz CT molecular complexity index is 901. The molecule has 2 aromatic heterocycles. The molecule has 24 heavy (non-hydrogen) atoms. The van der Waals surface area contributed by atoms with Crippen molar-refractivity contribution in [3.8, 4) is 0 Å². The molecule has 0 unspecified atom stereocenters. The summed E-state index contributed by atoms with van der Waals surface area (Å²) in [6.45, 7) is 2.91. The second-order valence-corrected chi connectivity index (χ2v) is 5.93. The predicted molar refractivity (Wildman–Crippen MR) is 94.3 cm³/mol. The van der Waals surface area contributed by atoms with Crippen LogP contribution in [0, 0.1) is 6.92 Å². The van der Waals surface area contributed by atoms with Crippen LogP contribution in [0.5, 0.6) is 0 Å². The topological polar surface area (TPSA) is 64.7 Å². The number of aromatic nitrogens is 4. The zero-order chi connectivity index (χ0) is 17.1. The molecule has 0 atom stereocenters. The molecule has 7 heteroatoms. The molecule has 124 valence electrons. The highest BCUT2D eigenvalue weighted by Gasteiger charge is 2.11. The molecule has 0 fully saturated rings. The highest BCUT2D eigenvalue weighted by molar-refractivity contribution is 6.32. The van der Waals surface area contributed by atoms with Crippen molar-refractivity contribution in [1.29, 1.82) is 0 Å². The standard InChI is InChI=1S/C17H18ClN5O/c1-12-14(9-20-22(12)2)8-19-15-10-21-23(17(24)16(15)18)11-13-6-4-3-5-7-13/h3-7,9-10,19H,8,11H2,1-2H3. The third kappa shape index (κ3) is 3.33. The summed E-state index contributed by atoms with van der Waals surface area (Å²) in [5.41, 5.74) is 3.31. The van der Waals surface area contributed by atoms with Crippen molar-refractivity contribution in [3.63, 3.8) is 0 Å². The molecule has 3 aromatic rings. The smallest absolute Gasteiger partial charge is 0.287 e. The molecule has 0 aliphatic rings. The van der Waals surface area contributed by atoms with Crippen LogP contribution in [0.3, 0.4) is 0 Å². The van der Waals surface area contributed by atoms with Crippen LogP contribution in [0.1, 0.15) is 16.8 Å². The maximum Gasteiger partial charge on any atom is 0.287 e. The fourth-order valence-electron chi connectivity index (χ4n) is 2.37. The minimum absolute atomic E-state index is 0.141. The van der Waals surface area contributed by atoms with E-state index < -0.39 is 0 Å². The largest absolute Gasteiger partial charge is 0.378 e. The van der Waals surface area contributed by atoms with Crippen molar-refractivity contribution in [1.82, 2.24) is 19.6 Å². The van der Waals surface area contributed by atoms with Gasteiger partial charge in [0, 0.05) is 24.8 Å². The van der Waals surface area contributed by atoms with Crippen molar-refractivity contribution in [2.24, 2.45) is 7.05 Å². The first-order valence-corrected chi connectivity index (χ1v) is 7.95. The molecule has 0 saturated heterocycles. The number of rotatable bonds is 5. The molecule has 0 radical (unpaired) electrons. The van der Waals surface area contributed by atoms with Gasteiger partial charge in [-0.25, -0.2) is 4.68 Å². The fourth-order valence-corrected chi connectivity index (χ4v) is 2.58. The number of benzene rings is 1. The fraction of sp³-hybridized carbons (Fsp3) is 0.235. The van der Waals surface area contributed by atoms with E-state index in [0.29, 0.717) is 18.8 Å². The number of nitrogens with one attached hydrogen (secondary N) is 1. The van der Waals surface area contributed by atoms with Crippen LogP contribution in [0.2, 0.25) is 5.02 Å². The Morgan fingerprint density at radius 1 is 1.17 bits per heavy atom. The molecule has 0 bridgehead atoms. The van der Waals surface area contributed by atoms with Crippen LogP contribution >= 0.6 is 11.6 Å². The van der Waals surface area contributed by atoms with Crippen LogP contribution in [0.25, 0.3) is 0 Å². The molecule has 0 aliphatic heterocycles. The normalized spacial score (nSPS) is 10.8. The SMILES string of the molecule is Cc1c(CNc2cnn(Cc3ccccc3)c(=O)c2Cl)cnn1C. The van der Waals surface area contributed by atoms with E-state index in [1.54, 1.807) is 17.1 Å². The Hall–Kier alpha value is -2.60. The Balaban J connectivity index is 1.77. The van der Waals surface area contributed by atoms with E-state index in [9.17, 15) is 4.79 Å². The lowest BCUT2D eigenvalue weighted by Crippen LogP contribution is -2.24. The summed E-state index contributed by atoms with van der Waals surface area (Å²) in [6.07, 6.45) is 3.37. The first-order chi connectivity index (χ1) is 11.6. The van der Waals surface area contributed by atoms with E-state index in [2.05, 4.69) is 15.5 Å². The van der Waals surface area contributed by atoms with E-state index >= 15 is 0 Å². The lowest BCUT2D eigenvalue weighted by Gasteiger charge is -2.10. The van der Waals surface area contributed by atoms with E-state index in [1.807, 2.05) is 44.3 Å². The first-order valence-electron chi connectivity index (χ1n) is 7.57. The Kier molecular flexibility index (Phi) is 4.66. The molecule has 3 rings (SSSR count). The summed E-state index contributed by atoms with van der Waals surface area (Å²) in [5.74, 6) is 0. The highest BCUT2D eigenvalue weighted by atomic mass is 35.5. The molecular formula is C17H18ClN5O. The molecule has 6 nitrogen and oxygen atoms in total. The summed E-state index contributed by atoms with van der Waals surface area (Å²) in [4.78, 5) is 12.4. The van der Waals surface area contributed by atoms with Crippen molar-refractivity contribution in [2.75, 3.05) is 5.32 Å². The number of anilines is 1. The zero-order valence-corrected chi connectivity index (χ0v) is 14.3. The third-order valence-corrected chi connectivity index (χ3v) is 4.33. The second-order valence-electron chi connectivity index (χ2n) is 5.55. The van der Waals surface area contributed by atoms with E-state index in [1.165, 1.54) is 4.68 Å². The third-order valence-electron chi connectivity index (χ3n) is 3.97. The minimum Gasteiger partial charge on any atom is -0.378 e. The molecule has 1 N–H and O–H groups in total. The molecule has 0 amide bonds. The summed E-state index contributed by atoms with van der Waals surface area (Å²) < 4.78 is 3.16. The molecular weight excluding hydrogens is 326 g/mol. The average Bonchev–Trinajstić information content (AvgIpc) is 2.91. The Labute approximate surface area is 144 Å². The van der Waals surface area contributed by atoms with Gasteiger partial charge in [0.15, 0.2) is 0 Å². The maximum absolute atomic E-state index is 12.4. The molecule has 0 saturated carbocycles. The summed E-state index contributed by atoms with van der Waals surface area (Å²) >= 11 is 6.22. The molecule has 2 heterocycles. The van der Waals surface area contributed by atoms with Crippen molar-refractivity contribution < 1.29 is 0 Å². The van der Waals surface area contributed by atoms with Gasteiger partial charge in [-0.1, -0.05) is 41.9 Å². The van der Waals surface area contributed by atoms with Gasteiger partial charge in [0.05, 0.1) is 24.6 Å². The number of halogens is 1. The van der Waals surface area contributed by atoms with Gasteiger partial charge in [0.25, 0.3) is 5.56 Å². The first kappa shape index (κ1) is 16.3. The summed E-state index contributed by atoms with van der Waals surface area (Å²) in [6, 6.07) is 9.67. The lowest BCUT2D eigenvalue weighted by atomic mass is 10.2. The number of hydrogen-bond acceptors (Lipinski definition) is 4. The van der Waals surface area contributed by atoms with Crippen LogP contribution in [0.4, 0.5) is 5.69 Å². The zero-order valence-electron chi connectivity index (χ0n) is 13.5. The van der Waals surface area contributed by atoms with Gasteiger partial charge >= 0.3 is 0 Å². The monoisotopic (exact) mass is 343 g/mol. The van der Waals surface area contributed by atoms with Gasteiger partial charge in [-0.05, 0) is 12.5 Å². The van der Waals surface area contributed by atoms with Crippen LogP contribution in [-0.2, 0) is 20.1 Å². The van der Waals surface area contributed by atoms with Gasteiger partial charge in [0.2, 0.25) is 0 Å². The van der Waals surface area contributed by atoms with Crippen molar-refractivity contribution in [2.45, 2.75) is 20.0 Å². The Morgan fingerprint density at radius 3 is 2.58 bits per heavy atom. The molecule has 0 spiro atoms.